The Hall–Kier alpha value is -1.39. The van der Waals surface area contributed by atoms with Crippen molar-refractivity contribution >= 4 is 5.91 Å². The van der Waals surface area contributed by atoms with E-state index in [9.17, 15) is 4.79 Å². The summed E-state index contributed by atoms with van der Waals surface area (Å²) in [6, 6.07) is 6.40. The second-order valence-electron chi connectivity index (χ2n) is 5.87. The molecule has 1 aromatic rings. The van der Waals surface area contributed by atoms with Gasteiger partial charge in [0.2, 0.25) is 0 Å². The fraction of sp³-hybridized carbons (Fsp3) is 0.588. The van der Waals surface area contributed by atoms with Crippen molar-refractivity contribution in [3.63, 3.8) is 0 Å². The van der Waals surface area contributed by atoms with Crippen LogP contribution in [0.5, 0.6) is 0 Å². The molecule has 1 aliphatic rings. The highest BCUT2D eigenvalue weighted by Gasteiger charge is 2.25. The summed E-state index contributed by atoms with van der Waals surface area (Å²) in [4.78, 5) is 17.1. The molecule has 0 saturated carbocycles. The number of nitrogens with two attached hydrogens (primary N) is 1. The number of nitrogens with zero attached hydrogens (tertiary/aromatic N) is 2. The number of benzene rings is 1. The average Bonchev–Trinajstić information content (AvgIpc) is 2.51. The van der Waals surface area contributed by atoms with Gasteiger partial charge in [0.15, 0.2) is 0 Å². The number of rotatable bonds is 4. The highest BCUT2D eigenvalue weighted by molar-refractivity contribution is 5.96. The highest BCUT2D eigenvalue weighted by atomic mass is 16.2. The Labute approximate surface area is 127 Å². The van der Waals surface area contributed by atoms with Crippen LogP contribution in [0.2, 0.25) is 0 Å². The van der Waals surface area contributed by atoms with E-state index < -0.39 is 0 Å². The standard InChI is InChI=1S/C17H27N3O/c1-4-15(12-18)19-8-10-20(11-9-19)17(21)16-7-5-6-13(2)14(16)3/h5-7,15H,4,8-12,18H2,1-3H3. The van der Waals surface area contributed by atoms with Gasteiger partial charge in [-0.1, -0.05) is 19.1 Å². The quantitative estimate of drug-likeness (QED) is 0.919. The molecule has 4 heteroatoms. The average molecular weight is 289 g/mol. The molecule has 4 nitrogen and oxygen atoms in total. The van der Waals surface area contributed by atoms with Gasteiger partial charge >= 0.3 is 0 Å². The SMILES string of the molecule is CCC(CN)N1CCN(C(=O)c2cccc(C)c2C)CC1. The van der Waals surface area contributed by atoms with Gasteiger partial charge in [-0.2, -0.15) is 0 Å². The number of piperazine rings is 1. The zero-order valence-electron chi connectivity index (χ0n) is 13.4. The smallest absolute Gasteiger partial charge is 0.254 e. The van der Waals surface area contributed by atoms with Crippen LogP contribution in [0.15, 0.2) is 18.2 Å². The lowest BCUT2D eigenvalue weighted by molar-refractivity contribution is 0.0571. The van der Waals surface area contributed by atoms with Gasteiger partial charge in [0, 0.05) is 44.3 Å². The summed E-state index contributed by atoms with van der Waals surface area (Å²) in [7, 11) is 0. The van der Waals surface area contributed by atoms with Gasteiger partial charge in [0.25, 0.3) is 5.91 Å². The normalized spacial score (nSPS) is 17.8. The minimum atomic E-state index is 0.164. The van der Waals surface area contributed by atoms with E-state index in [1.807, 2.05) is 24.0 Å². The van der Waals surface area contributed by atoms with E-state index in [0.717, 1.165) is 43.7 Å². The van der Waals surface area contributed by atoms with Crippen molar-refractivity contribution in [2.45, 2.75) is 33.2 Å². The highest BCUT2D eigenvalue weighted by Crippen LogP contribution is 2.17. The van der Waals surface area contributed by atoms with Crippen LogP contribution in [0.4, 0.5) is 0 Å². The van der Waals surface area contributed by atoms with Crippen LogP contribution in [0, 0.1) is 13.8 Å². The number of hydrogen-bond acceptors (Lipinski definition) is 3. The van der Waals surface area contributed by atoms with E-state index in [4.69, 9.17) is 5.73 Å². The molecule has 0 radical (unpaired) electrons. The molecule has 21 heavy (non-hydrogen) atoms. The summed E-state index contributed by atoms with van der Waals surface area (Å²) < 4.78 is 0. The molecule has 1 atom stereocenters. The third-order valence-electron chi connectivity index (χ3n) is 4.70. The fourth-order valence-electron chi connectivity index (χ4n) is 3.02. The molecular weight excluding hydrogens is 262 g/mol. The van der Waals surface area contributed by atoms with E-state index in [1.54, 1.807) is 0 Å². The molecule has 2 rings (SSSR count). The minimum absolute atomic E-state index is 0.164. The van der Waals surface area contributed by atoms with Crippen molar-refractivity contribution < 1.29 is 4.79 Å². The molecule has 0 spiro atoms. The van der Waals surface area contributed by atoms with Gasteiger partial charge in [-0.25, -0.2) is 0 Å². The van der Waals surface area contributed by atoms with Crippen molar-refractivity contribution in [2.24, 2.45) is 5.73 Å². The maximum Gasteiger partial charge on any atom is 0.254 e. The van der Waals surface area contributed by atoms with Crippen molar-refractivity contribution in [3.8, 4) is 0 Å². The van der Waals surface area contributed by atoms with Crippen LogP contribution in [0.1, 0.15) is 34.8 Å². The summed E-state index contributed by atoms with van der Waals surface area (Å²) in [5, 5.41) is 0. The first-order valence-corrected chi connectivity index (χ1v) is 7.88. The maximum atomic E-state index is 12.7. The number of carbonyl (C=O) groups excluding carboxylic acids is 1. The first kappa shape index (κ1) is 16.0. The molecule has 2 N–H and O–H groups in total. The molecule has 1 amide bonds. The largest absolute Gasteiger partial charge is 0.336 e. The van der Waals surface area contributed by atoms with Crippen molar-refractivity contribution in [1.82, 2.24) is 9.80 Å². The summed E-state index contributed by atoms with van der Waals surface area (Å²) >= 11 is 0. The van der Waals surface area contributed by atoms with Gasteiger partial charge in [0.05, 0.1) is 0 Å². The Morgan fingerprint density at radius 1 is 1.24 bits per heavy atom. The van der Waals surface area contributed by atoms with Crippen molar-refractivity contribution in [2.75, 3.05) is 32.7 Å². The lowest BCUT2D eigenvalue weighted by Gasteiger charge is -2.38. The molecule has 0 aliphatic carbocycles. The zero-order valence-corrected chi connectivity index (χ0v) is 13.4. The number of hydrogen-bond donors (Lipinski definition) is 1. The van der Waals surface area contributed by atoms with Crippen LogP contribution in [-0.4, -0.2) is 54.5 Å². The van der Waals surface area contributed by atoms with Crippen LogP contribution < -0.4 is 5.73 Å². The molecule has 1 heterocycles. The number of carbonyl (C=O) groups is 1. The monoisotopic (exact) mass is 289 g/mol. The predicted molar refractivity (Wildman–Crippen MR) is 86.5 cm³/mol. The number of amides is 1. The van der Waals surface area contributed by atoms with Gasteiger partial charge in [-0.15, -0.1) is 0 Å². The minimum Gasteiger partial charge on any atom is -0.336 e. The molecule has 0 aromatic heterocycles. The summed E-state index contributed by atoms with van der Waals surface area (Å²) in [6.07, 6.45) is 1.07. The van der Waals surface area contributed by atoms with E-state index in [1.165, 1.54) is 5.56 Å². The molecule has 116 valence electrons. The van der Waals surface area contributed by atoms with Crippen LogP contribution in [0.25, 0.3) is 0 Å². The van der Waals surface area contributed by atoms with Crippen molar-refractivity contribution in [3.05, 3.63) is 34.9 Å². The van der Waals surface area contributed by atoms with Gasteiger partial charge < -0.3 is 10.6 Å². The van der Waals surface area contributed by atoms with Crippen LogP contribution in [-0.2, 0) is 0 Å². The Morgan fingerprint density at radius 3 is 2.48 bits per heavy atom. The predicted octanol–water partition coefficient (Wildman–Crippen LogP) is 1.80. The molecule has 1 unspecified atom stereocenters. The maximum absolute atomic E-state index is 12.7. The van der Waals surface area contributed by atoms with E-state index in [-0.39, 0.29) is 5.91 Å². The zero-order chi connectivity index (χ0) is 15.4. The molecule has 0 bridgehead atoms. The van der Waals surface area contributed by atoms with Gasteiger partial charge in [-0.05, 0) is 37.5 Å². The Bertz CT molecular complexity index is 489. The first-order chi connectivity index (χ1) is 10.1. The molecule has 1 aromatic carbocycles. The summed E-state index contributed by atoms with van der Waals surface area (Å²) in [5.74, 6) is 0.164. The van der Waals surface area contributed by atoms with E-state index in [0.29, 0.717) is 12.6 Å². The van der Waals surface area contributed by atoms with Crippen LogP contribution in [0.3, 0.4) is 0 Å². The molecule has 1 aliphatic heterocycles. The summed E-state index contributed by atoms with van der Waals surface area (Å²) in [5.41, 5.74) is 8.93. The Kier molecular flexibility index (Phi) is 5.37. The molecule has 1 fully saturated rings. The van der Waals surface area contributed by atoms with Crippen LogP contribution >= 0.6 is 0 Å². The second kappa shape index (κ2) is 7.05. The van der Waals surface area contributed by atoms with Crippen molar-refractivity contribution in [1.29, 1.82) is 0 Å². The van der Waals surface area contributed by atoms with E-state index >= 15 is 0 Å². The lowest BCUT2D eigenvalue weighted by atomic mass is 10.0. The third kappa shape index (κ3) is 3.44. The molecule has 1 saturated heterocycles. The van der Waals surface area contributed by atoms with Gasteiger partial charge in [-0.3, -0.25) is 9.69 Å². The topological polar surface area (TPSA) is 49.6 Å². The Balaban J connectivity index is 2.02. The lowest BCUT2D eigenvalue weighted by Crippen LogP contribution is -2.53. The second-order valence-corrected chi connectivity index (χ2v) is 5.87. The summed E-state index contributed by atoms with van der Waals surface area (Å²) in [6.45, 7) is 10.4. The first-order valence-electron chi connectivity index (χ1n) is 7.88. The number of aryl methyl sites for hydroxylation is 1. The Morgan fingerprint density at radius 2 is 1.90 bits per heavy atom. The van der Waals surface area contributed by atoms with Gasteiger partial charge in [0.1, 0.15) is 0 Å². The third-order valence-corrected chi connectivity index (χ3v) is 4.70. The van der Waals surface area contributed by atoms with E-state index in [2.05, 4.69) is 24.8 Å². The fourth-order valence-corrected chi connectivity index (χ4v) is 3.02. The molecular formula is C17H27N3O.